The number of aliphatic carboxylic acids is 1. The van der Waals surface area contributed by atoms with Crippen LogP contribution in [0.2, 0.25) is 0 Å². The molecular formula is C6H7KO7. The number of aliphatic hydroxyl groups is 3. The number of carboxylic acid groups (broad SMARTS) is 1. The topological polar surface area (TPSA) is 135 Å². The minimum absolute atomic E-state index is 0. The molecule has 8 heteroatoms. The standard InChI is InChI=1S/C6H8O7.K/c7-1-2(8)3(9)4(10)5(11)6(12)13;/h2-3,7-9H,1H2,(H,12,13);/q;+1/p-1/t2-,3+;/m0./s1. The van der Waals surface area contributed by atoms with Gasteiger partial charge in [0.1, 0.15) is 18.2 Å². The molecule has 74 valence electrons. The second kappa shape index (κ2) is 7.60. The van der Waals surface area contributed by atoms with Gasteiger partial charge in [-0.2, -0.15) is 0 Å². The minimum Gasteiger partial charge on any atom is -0.541 e. The molecule has 7 nitrogen and oxygen atoms in total. The molecule has 0 fully saturated rings. The molecule has 3 N–H and O–H groups in total. The van der Waals surface area contributed by atoms with E-state index in [0.717, 1.165) is 0 Å². The van der Waals surface area contributed by atoms with Gasteiger partial charge in [-0.25, -0.2) is 0 Å². The summed E-state index contributed by atoms with van der Waals surface area (Å²) in [6, 6.07) is 0. The summed E-state index contributed by atoms with van der Waals surface area (Å²) in [7, 11) is 0. The van der Waals surface area contributed by atoms with Crippen LogP contribution in [0, 0.1) is 0 Å². The summed E-state index contributed by atoms with van der Waals surface area (Å²) in [4.78, 5) is 30.8. The van der Waals surface area contributed by atoms with E-state index in [2.05, 4.69) is 0 Å². The van der Waals surface area contributed by atoms with Crippen LogP contribution in [0.4, 0.5) is 0 Å². The fourth-order valence-corrected chi connectivity index (χ4v) is 0.509. The molecule has 0 rings (SSSR count). The molecule has 0 aliphatic heterocycles. The third-order valence-corrected chi connectivity index (χ3v) is 1.23. The Labute approximate surface area is 121 Å². The zero-order valence-corrected chi connectivity index (χ0v) is 10.5. The Kier molecular flexibility index (Phi) is 9.09. The van der Waals surface area contributed by atoms with Gasteiger partial charge in [-0.3, -0.25) is 9.59 Å². The third-order valence-electron chi connectivity index (χ3n) is 1.23. The zero-order chi connectivity index (χ0) is 10.6. The van der Waals surface area contributed by atoms with Crippen LogP contribution in [-0.4, -0.2) is 51.7 Å². The molecule has 14 heavy (non-hydrogen) atoms. The molecule has 0 saturated carbocycles. The van der Waals surface area contributed by atoms with Gasteiger partial charge in [0.05, 0.1) is 6.61 Å². The normalized spacial score (nSPS) is 13.6. The first-order valence-electron chi connectivity index (χ1n) is 3.18. The number of hydrogen-bond donors (Lipinski definition) is 3. The maximum absolute atomic E-state index is 10.6. The number of carbonyl (C=O) groups is 3. The molecule has 0 spiro atoms. The molecule has 0 unspecified atom stereocenters. The minimum atomic E-state index is -2.27. The van der Waals surface area contributed by atoms with Crippen LogP contribution in [0.15, 0.2) is 0 Å². The molecule has 0 bridgehead atoms. The number of carbonyl (C=O) groups excluding carboxylic acids is 3. The van der Waals surface area contributed by atoms with Gasteiger partial charge in [0.15, 0.2) is 0 Å². The van der Waals surface area contributed by atoms with Crippen molar-refractivity contribution < 1.29 is 86.2 Å². The van der Waals surface area contributed by atoms with E-state index >= 15 is 0 Å². The number of carboxylic acids is 1. The van der Waals surface area contributed by atoms with E-state index in [4.69, 9.17) is 15.3 Å². The van der Waals surface area contributed by atoms with Crippen molar-refractivity contribution in [3.05, 3.63) is 0 Å². The monoisotopic (exact) mass is 230 g/mol. The summed E-state index contributed by atoms with van der Waals surface area (Å²) in [5.41, 5.74) is 0. The van der Waals surface area contributed by atoms with Crippen molar-refractivity contribution in [2.24, 2.45) is 0 Å². The fourth-order valence-electron chi connectivity index (χ4n) is 0.509. The number of hydrogen-bond acceptors (Lipinski definition) is 7. The Bertz CT molecular complexity index is 238. The smallest absolute Gasteiger partial charge is 0.541 e. The van der Waals surface area contributed by atoms with Gasteiger partial charge >= 0.3 is 51.4 Å². The molecule has 0 radical (unpaired) electrons. The summed E-state index contributed by atoms with van der Waals surface area (Å²) in [5, 5.41) is 35.4. The van der Waals surface area contributed by atoms with E-state index in [-0.39, 0.29) is 51.4 Å². The van der Waals surface area contributed by atoms with Gasteiger partial charge < -0.3 is 25.2 Å². The second-order valence-electron chi connectivity index (χ2n) is 2.18. The van der Waals surface area contributed by atoms with Gasteiger partial charge in [-0.15, -0.1) is 0 Å². The Morgan fingerprint density at radius 1 is 1.21 bits per heavy atom. The van der Waals surface area contributed by atoms with Gasteiger partial charge in [0.25, 0.3) is 0 Å². The molecule has 0 aliphatic carbocycles. The Morgan fingerprint density at radius 2 is 1.64 bits per heavy atom. The molecular weight excluding hydrogens is 223 g/mol. The summed E-state index contributed by atoms with van der Waals surface area (Å²) in [5.74, 6) is -5.93. The molecule has 0 aliphatic rings. The molecule has 0 saturated heterocycles. The van der Waals surface area contributed by atoms with E-state index in [1.54, 1.807) is 0 Å². The number of rotatable bonds is 5. The van der Waals surface area contributed by atoms with Crippen LogP contribution in [0.1, 0.15) is 0 Å². The van der Waals surface area contributed by atoms with Crippen LogP contribution < -0.4 is 56.5 Å². The van der Waals surface area contributed by atoms with Crippen molar-refractivity contribution in [3.63, 3.8) is 0 Å². The van der Waals surface area contributed by atoms with E-state index in [9.17, 15) is 19.5 Å². The Hall–Kier alpha value is 0.326. The zero-order valence-electron chi connectivity index (χ0n) is 7.34. The summed E-state index contributed by atoms with van der Waals surface area (Å²) >= 11 is 0. The Balaban J connectivity index is 0. The first kappa shape index (κ1) is 16.7. The van der Waals surface area contributed by atoms with Crippen LogP contribution >= 0.6 is 0 Å². The molecule has 0 aromatic rings. The first-order valence-corrected chi connectivity index (χ1v) is 3.18. The van der Waals surface area contributed by atoms with Crippen molar-refractivity contribution in [1.82, 2.24) is 0 Å². The van der Waals surface area contributed by atoms with Gasteiger partial charge in [-0.05, 0) is 0 Å². The van der Waals surface area contributed by atoms with Crippen LogP contribution in [-0.2, 0) is 14.4 Å². The average Bonchev–Trinajstić information content (AvgIpc) is 2.12. The predicted octanol–water partition coefficient (Wildman–Crippen LogP) is -7.41. The van der Waals surface area contributed by atoms with Gasteiger partial charge in [0.2, 0.25) is 11.6 Å². The van der Waals surface area contributed by atoms with Gasteiger partial charge in [-0.1, -0.05) is 0 Å². The summed E-state index contributed by atoms with van der Waals surface area (Å²) < 4.78 is 0. The van der Waals surface area contributed by atoms with Crippen molar-refractivity contribution in [1.29, 1.82) is 0 Å². The molecule has 0 amide bonds. The van der Waals surface area contributed by atoms with Crippen molar-refractivity contribution in [2.75, 3.05) is 6.61 Å². The number of ketones is 2. The first-order chi connectivity index (χ1) is 5.91. The number of aliphatic hydroxyl groups excluding tert-OH is 3. The SMILES string of the molecule is O=C([O-])C(=O)C(=O)[C@H](O)[C@@H](O)CO.[K+]. The maximum Gasteiger partial charge on any atom is 1.00 e. The van der Waals surface area contributed by atoms with Crippen LogP contribution in [0.3, 0.4) is 0 Å². The van der Waals surface area contributed by atoms with E-state index < -0.39 is 36.4 Å². The van der Waals surface area contributed by atoms with E-state index in [1.165, 1.54) is 0 Å². The maximum atomic E-state index is 10.6. The predicted molar refractivity (Wildman–Crippen MR) is 34.1 cm³/mol. The summed E-state index contributed by atoms with van der Waals surface area (Å²) in [6.45, 7) is -0.965. The molecule has 0 aromatic heterocycles. The second-order valence-corrected chi connectivity index (χ2v) is 2.18. The molecule has 0 aromatic carbocycles. The quantitative estimate of drug-likeness (QED) is 0.242. The van der Waals surface area contributed by atoms with Crippen LogP contribution in [0.5, 0.6) is 0 Å². The van der Waals surface area contributed by atoms with Crippen LogP contribution in [0.25, 0.3) is 0 Å². The third kappa shape index (κ3) is 4.71. The fraction of sp³-hybridized carbons (Fsp3) is 0.500. The Morgan fingerprint density at radius 3 is 1.93 bits per heavy atom. The molecule has 2 atom stereocenters. The van der Waals surface area contributed by atoms with E-state index in [0.29, 0.717) is 0 Å². The van der Waals surface area contributed by atoms with Gasteiger partial charge in [0, 0.05) is 0 Å². The largest absolute Gasteiger partial charge is 1.00 e. The number of Topliss-reactive ketones (excluding diaryl/α,β-unsaturated/α-hetero) is 2. The van der Waals surface area contributed by atoms with Crippen molar-refractivity contribution in [3.8, 4) is 0 Å². The van der Waals surface area contributed by atoms with E-state index in [1.807, 2.05) is 0 Å². The summed E-state index contributed by atoms with van der Waals surface area (Å²) in [6.07, 6.45) is -4.12. The van der Waals surface area contributed by atoms with Crippen molar-refractivity contribution >= 4 is 17.5 Å². The van der Waals surface area contributed by atoms with Crippen molar-refractivity contribution in [2.45, 2.75) is 12.2 Å². The molecule has 0 heterocycles. The average molecular weight is 230 g/mol.